The first kappa shape index (κ1) is 23.7. The number of carboxylic acids is 1. The molecule has 1 unspecified atom stereocenters. The zero-order valence-corrected chi connectivity index (χ0v) is 18.0. The lowest BCUT2D eigenvalue weighted by Gasteiger charge is -2.16. The standard InChI is InChI=1S/C22H23Cl2NO5/c1-14(26)5-2-3-12-30-16-10-8-15(9-11-16)13-19(22(28)29)25-21(27)20-17(23)6-4-7-18(20)24/h4,6-11,19H,2-3,5,12-13H2,1H3,(H,25,27)(H,28,29). The van der Waals surface area contributed by atoms with Crippen LogP contribution in [0, 0.1) is 0 Å². The molecule has 0 spiro atoms. The number of hydrogen-bond acceptors (Lipinski definition) is 4. The highest BCUT2D eigenvalue weighted by atomic mass is 35.5. The Morgan fingerprint density at radius 2 is 1.67 bits per heavy atom. The average Bonchev–Trinajstić information content (AvgIpc) is 2.68. The maximum atomic E-state index is 12.5. The Kier molecular flexibility index (Phi) is 9.15. The fourth-order valence-electron chi connectivity index (χ4n) is 2.77. The Balaban J connectivity index is 1.94. The van der Waals surface area contributed by atoms with E-state index in [0.717, 1.165) is 18.4 Å². The molecule has 0 saturated heterocycles. The lowest BCUT2D eigenvalue weighted by molar-refractivity contribution is -0.139. The fraction of sp³-hybridized carbons (Fsp3) is 0.318. The number of ketones is 1. The van der Waals surface area contributed by atoms with Gasteiger partial charge in [0.25, 0.3) is 5.91 Å². The van der Waals surface area contributed by atoms with Gasteiger partial charge in [0.15, 0.2) is 0 Å². The number of rotatable bonds is 11. The molecule has 2 rings (SSSR count). The number of carbonyl (C=O) groups excluding carboxylic acids is 2. The largest absolute Gasteiger partial charge is 0.494 e. The maximum Gasteiger partial charge on any atom is 0.326 e. The summed E-state index contributed by atoms with van der Waals surface area (Å²) in [7, 11) is 0. The van der Waals surface area contributed by atoms with Gasteiger partial charge in [0.2, 0.25) is 0 Å². The molecule has 0 bridgehead atoms. The first-order chi connectivity index (χ1) is 14.3. The number of nitrogens with one attached hydrogen (secondary N) is 1. The Morgan fingerprint density at radius 3 is 2.23 bits per heavy atom. The summed E-state index contributed by atoms with van der Waals surface area (Å²) in [6.07, 6.45) is 2.19. The highest BCUT2D eigenvalue weighted by Gasteiger charge is 2.23. The minimum atomic E-state index is -1.17. The number of benzene rings is 2. The van der Waals surface area contributed by atoms with Gasteiger partial charge in [-0.05, 0) is 49.6 Å². The van der Waals surface area contributed by atoms with Gasteiger partial charge in [0, 0.05) is 12.8 Å². The average molecular weight is 452 g/mol. The number of amides is 1. The summed E-state index contributed by atoms with van der Waals surface area (Å²) in [5.41, 5.74) is 0.762. The van der Waals surface area contributed by atoms with E-state index in [1.54, 1.807) is 37.3 Å². The number of Topliss-reactive ketones (excluding diaryl/α,β-unsaturated/α-hetero) is 1. The first-order valence-corrected chi connectivity index (χ1v) is 10.2. The molecule has 0 aliphatic rings. The van der Waals surface area contributed by atoms with Crippen LogP contribution in [0.15, 0.2) is 42.5 Å². The molecule has 160 valence electrons. The molecule has 0 fully saturated rings. The molecule has 6 nitrogen and oxygen atoms in total. The smallest absolute Gasteiger partial charge is 0.326 e. The summed E-state index contributed by atoms with van der Waals surface area (Å²) in [6.45, 7) is 2.06. The Labute approximate surface area is 185 Å². The molecular weight excluding hydrogens is 429 g/mol. The third-order valence-corrected chi connectivity index (χ3v) is 4.98. The van der Waals surface area contributed by atoms with Gasteiger partial charge in [-0.2, -0.15) is 0 Å². The lowest BCUT2D eigenvalue weighted by Crippen LogP contribution is -2.42. The van der Waals surface area contributed by atoms with Gasteiger partial charge in [-0.15, -0.1) is 0 Å². The summed E-state index contributed by atoms with van der Waals surface area (Å²) in [6, 6.07) is 10.4. The SMILES string of the molecule is CC(=O)CCCCOc1ccc(CC(NC(=O)c2c(Cl)cccc2Cl)C(=O)O)cc1. The topological polar surface area (TPSA) is 92.7 Å². The van der Waals surface area contributed by atoms with Crippen LogP contribution in [0.4, 0.5) is 0 Å². The second-order valence-electron chi connectivity index (χ2n) is 6.82. The molecule has 0 aromatic heterocycles. The Hall–Kier alpha value is -2.57. The van der Waals surface area contributed by atoms with Crippen molar-refractivity contribution < 1.29 is 24.2 Å². The van der Waals surface area contributed by atoms with Crippen molar-refractivity contribution in [3.05, 3.63) is 63.6 Å². The van der Waals surface area contributed by atoms with E-state index >= 15 is 0 Å². The van der Waals surface area contributed by atoms with Gasteiger partial charge in [-0.3, -0.25) is 4.79 Å². The predicted molar refractivity (Wildman–Crippen MR) is 116 cm³/mol. The van der Waals surface area contributed by atoms with Gasteiger partial charge < -0.3 is 20.0 Å². The molecule has 2 aromatic carbocycles. The number of carbonyl (C=O) groups is 3. The third kappa shape index (κ3) is 7.35. The van der Waals surface area contributed by atoms with Gasteiger partial charge in [-0.1, -0.05) is 41.4 Å². The molecule has 30 heavy (non-hydrogen) atoms. The number of carboxylic acid groups (broad SMARTS) is 1. The second-order valence-corrected chi connectivity index (χ2v) is 7.63. The summed E-state index contributed by atoms with van der Waals surface area (Å²) >= 11 is 12.0. The van der Waals surface area contributed by atoms with Gasteiger partial charge in [0.05, 0.1) is 22.2 Å². The van der Waals surface area contributed by atoms with E-state index in [-0.39, 0.29) is 27.8 Å². The van der Waals surface area contributed by atoms with Crippen LogP contribution in [0.25, 0.3) is 0 Å². The van der Waals surface area contributed by atoms with Crippen LogP contribution in [-0.4, -0.2) is 35.4 Å². The van der Waals surface area contributed by atoms with Crippen molar-refractivity contribution in [3.63, 3.8) is 0 Å². The van der Waals surface area contributed by atoms with Crippen molar-refractivity contribution in [2.24, 2.45) is 0 Å². The first-order valence-electron chi connectivity index (χ1n) is 9.46. The fourth-order valence-corrected chi connectivity index (χ4v) is 3.34. The zero-order valence-electron chi connectivity index (χ0n) is 16.5. The van der Waals surface area contributed by atoms with Crippen LogP contribution in [-0.2, 0) is 16.0 Å². The second kappa shape index (κ2) is 11.6. The normalized spacial score (nSPS) is 11.6. The Morgan fingerprint density at radius 1 is 1.03 bits per heavy atom. The number of ether oxygens (including phenoxy) is 1. The monoisotopic (exact) mass is 451 g/mol. The minimum absolute atomic E-state index is 0.0422. The van der Waals surface area contributed by atoms with Gasteiger partial charge in [0.1, 0.15) is 17.6 Å². The Bertz CT molecular complexity index is 879. The molecule has 1 amide bonds. The molecule has 2 aromatic rings. The maximum absolute atomic E-state index is 12.5. The number of halogens is 2. The summed E-state index contributed by atoms with van der Waals surface area (Å²) in [5, 5.41) is 12.3. The highest BCUT2D eigenvalue weighted by molar-refractivity contribution is 6.39. The van der Waals surface area contributed by atoms with Crippen molar-refractivity contribution in [3.8, 4) is 5.75 Å². The summed E-state index contributed by atoms with van der Waals surface area (Å²) in [4.78, 5) is 35.0. The van der Waals surface area contributed by atoms with E-state index in [2.05, 4.69) is 5.32 Å². The van der Waals surface area contributed by atoms with Crippen LogP contribution in [0.2, 0.25) is 10.0 Å². The van der Waals surface area contributed by atoms with E-state index in [0.29, 0.717) is 18.8 Å². The lowest BCUT2D eigenvalue weighted by atomic mass is 10.1. The van der Waals surface area contributed by atoms with Crippen molar-refractivity contribution in [1.82, 2.24) is 5.32 Å². The molecule has 2 N–H and O–H groups in total. The van der Waals surface area contributed by atoms with Crippen LogP contribution in [0.3, 0.4) is 0 Å². The molecular formula is C22H23Cl2NO5. The van der Waals surface area contributed by atoms with Gasteiger partial charge >= 0.3 is 5.97 Å². The molecule has 0 saturated carbocycles. The molecule has 0 radical (unpaired) electrons. The van der Waals surface area contributed by atoms with E-state index < -0.39 is 17.9 Å². The van der Waals surface area contributed by atoms with Crippen molar-refractivity contribution in [2.45, 2.75) is 38.6 Å². The van der Waals surface area contributed by atoms with Crippen molar-refractivity contribution >= 4 is 40.9 Å². The zero-order chi connectivity index (χ0) is 22.1. The molecule has 0 aliphatic carbocycles. The number of aliphatic carboxylic acids is 1. The number of hydrogen-bond donors (Lipinski definition) is 2. The molecule has 0 heterocycles. The van der Waals surface area contributed by atoms with Crippen LogP contribution >= 0.6 is 23.2 Å². The predicted octanol–water partition coefficient (Wildman–Crippen LogP) is 4.56. The quantitative estimate of drug-likeness (QED) is 0.488. The molecule has 0 aliphatic heterocycles. The summed E-state index contributed by atoms with van der Waals surface area (Å²) in [5.74, 6) is -1.00. The van der Waals surface area contributed by atoms with E-state index in [4.69, 9.17) is 27.9 Å². The van der Waals surface area contributed by atoms with E-state index in [1.807, 2.05) is 0 Å². The minimum Gasteiger partial charge on any atom is -0.494 e. The summed E-state index contributed by atoms with van der Waals surface area (Å²) < 4.78 is 5.62. The van der Waals surface area contributed by atoms with E-state index in [9.17, 15) is 19.5 Å². The van der Waals surface area contributed by atoms with Crippen LogP contribution < -0.4 is 10.1 Å². The molecule has 8 heteroatoms. The van der Waals surface area contributed by atoms with Crippen LogP contribution in [0.1, 0.15) is 42.1 Å². The van der Waals surface area contributed by atoms with Crippen molar-refractivity contribution in [2.75, 3.05) is 6.61 Å². The molecule has 1 atom stereocenters. The number of unbranched alkanes of at least 4 members (excludes halogenated alkanes) is 1. The van der Waals surface area contributed by atoms with Gasteiger partial charge in [-0.25, -0.2) is 4.79 Å². The highest BCUT2D eigenvalue weighted by Crippen LogP contribution is 2.24. The van der Waals surface area contributed by atoms with Crippen molar-refractivity contribution in [1.29, 1.82) is 0 Å². The van der Waals surface area contributed by atoms with E-state index in [1.165, 1.54) is 12.1 Å². The third-order valence-electron chi connectivity index (χ3n) is 4.35. The van der Waals surface area contributed by atoms with Crippen LogP contribution in [0.5, 0.6) is 5.75 Å².